The first-order chi connectivity index (χ1) is 8.09. The first kappa shape index (κ1) is 11.9. The van der Waals surface area contributed by atoms with Crippen LogP contribution >= 0.6 is 11.6 Å². The Morgan fingerprint density at radius 1 is 1.06 bits per heavy atom. The molecule has 0 bridgehead atoms. The van der Waals surface area contributed by atoms with Crippen molar-refractivity contribution in [1.82, 2.24) is 0 Å². The van der Waals surface area contributed by atoms with Crippen LogP contribution in [-0.4, -0.2) is 11.6 Å². The van der Waals surface area contributed by atoms with E-state index in [9.17, 15) is 9.59 Å². The fourth-order valence-corrected chi connectivity index (χ4v) is 2.02. The Hall–Kier alpha value is -1.61. The number of rotatable bonds is 1. The number of carbonyl (C=O) groups is 2. The van der Waals surface area contributed by atoms with Gasteiger partial charge in [0.2, 0.25) is 0 Å². The van der Waals surface area contributed by atoms with Crippen LogP contribution in [0.5, 0.6) is 0 Å². The van der Waals surface area contributed by atoms with Crippen molar-refractivity contribution in [2.75, 3.05) is 0 Å². The second-order valence-electron chi connectivity index (χ2n) is 4.00. The van der Waals surface area contributed by atoms with E-state index < -0.39 is 0 Å². The van der Waals surface area contributed by atoms with E-state index >= 15 is 0 Å². The molecule has 0 radical (unpaired) electrons. The molecule has 1 aliphatic rings. The van der Waals surface area contributed by atoms with Gasteiger partial charge in [-0.05, 0) is 24.1 Å². The fraction of sp³-hybridized carbons (Fsp3) is 0.231. The molecule has 88 valence electrons. The molecule has 0 aromatic heterocycles. The Bertz CT molecular complexity index is 485. The van der Waals surface area contributed by atoms with E-state index in [2.05, 4.69) is 0 Å². The van der Waals surface area contributed by atoms with E-state index in [1.165, 1.54) is 0 Å². The van der Waals surface area contributed by atoms with E-state index in [4.69, 9.17) is 17.3 Å². The summed E-state index contributed by atoms with van der Waals surface area (Å²) in [5.41, 5.74) is 6.97. The second-order valence-corrected chi connectivity index (χ2v) is 4.43. The molecular weight excluding hydrogens is 238 g/mol. The summed E-state index contributed by atoms with van der Waals surface area (Å²) in [7, 11) is 0. The molecule has 0 aliphatic heterocycles. The predicted octanol–water partition coefficient (Wildman–Crippen LogP) is 2.33. The lowest BCUT2D eigenvalue weighted by atomic mass is 9.89. The van der Waals surface area contributed by atoms with E-state index in [1.54, 1.807) is 24.3 Å². The van der Waals surface area contributed by atoms with Gasteiger partial charge in [-0.15, -0.1) is 0 Å². The van der Waals surface area contributed by atoms with Crippen LogP contribution in [0.2, 0.25) is 5.02 Å². The molecule has 0 amide bonds. The van der Waals surface area contributed by atoms with Gasteiger partial charge in [0.1, 0.15) is 0 Å². The SMILES string of the molecule is NC(=C1C(=O)CCCC1=O)c1ccc(Cl)cc1. The maximum absolute atomic E-state index is 11.7. The number of allylic oxidation sites excluding steroid dienone is 1. The van der Waals surface area contributed by atoms with Crippen molar-refractivity contribution < 1.29 is 9.59 Å². The van der Waals surface area contributed by atoms with Crippen LogP contribution in [0.1, 0.15) is 24.8 Å². The molecule has 3 nitrogen and oxygen atoms in total. The van der Waals surface area contributed by atoms with Crippen molar-refractivity contribution in [1.29, 1.82) is 0 Å². The van der Waals surface area contributed by atoms with Crippen LogP contribution < -0.4 is 5.73 Å². The molecule has 0 heterocycles. The number of hydrogen-bond donors (Lipinski definition) is 1. The summed E-state index contributed by atoms with van der Waals surface area (Å²) in [6.45, 7) is 0. The Balaban J connectivity index is 2.45. The highest BCUT2D eigenvalue weighted by atomic mass is 35.5. The maximum atomic E-state index is 11.7. The van der Waals surface area contributed by atoms with Gasteiger partial charge < -0.3 is 5.73 Å². The average Bonchev–Trinajstić information content (AvgIpc) is 2.29. The third kappa shape index (κ3) is 2.39. The van der Waals surface area contributed by atoms with Gasteiger partial charge in [0.15, 0.2) is 11.6 Å². The van der Waals surface area contributed by atoms with Crippen LogP contribution in [-0.2, 0) is 9.59 Å². The zero-order valence-electron chi connectivity index (χ0n) is 9.20. The Kier molecular flexibility index (Phi) is 3.29. The van der Waals surface area contributed by atoms with Crippen molar-refractivity contribution in [3.05, 3.63) is 40.4 Å². The summed E-state index contributed by atoms with van der Waals surface area (Å²) >= 11 is 5.77. The first-order valence-corrected chi connectivity index (χ1v) is 5.79. The summed E-state index contributed by atoms with van der Waals surface area (Å²) in [5.74, 6) is -0.317. The second kappa shape index (κ2) is 4.72. The molecule has 2 rings (SSSR count). The van der Waals surface area contributed by atoms with Crippen molar-refractivity contribution in [2.24, 2.45) is 5.73 Å². The zero-order chi connectivity index (χ0) is 12.4. The number of Topliss-reactive ketones (excluding diaryl/α,β-unsaturated/α-hetero) is 2. The minimum Gasteiger partial charge on any atom is -0.398 e. The summed E-state index contributed by atoms with van der Waals surface area (Å²) in [6.07, 6.45) is 1.42. The lowest BCUT2D eigenvalue weighted by molar-refractivity contribution is -0.123. The van der Waals surface area contributed by atoms with Gasteiger partial charge in [-0.1, -0.05) is 23.7 Å². The van der Waals surface area contributed by atoms with Crippen molar-refractivity contribution in [3.8, 4) is 0 Å². The molecule has 0 atom stereocenters. The highest BCUT2D eigenvalue weighted by Gasteiger charge is 2.26. The van der Waals surface area contributed by atoms with Gasteiger partial charge in [0, 0.05) is 17.9 Å². The Morgan fingerprint density at radius 2 is 1.59 bits per heavy atom. The molecule has 2 N–H and O–H groups in total. The minimum absolute atomic E-state index is 0.151. The van der Waals surface area contributed by atoms with Crippen LogP contribution in [0, 0.1) is 0 Å². The number of carbonyl (C=O) groups excluding carboxylic acids is 2. The number of benzene rings is 1. The van der Waals surface area contributed by atoms with E-state index in [0.29, 0.717) is 29.8 Å². The van der Waals surface area contributed by atoms with Crippen LogP contribution in [0.25, 0.3) is 5.70 Å². The normalized spacial score (nSPS) is 16.2. The largest absolute Gasteiger partial charge is 0.398 e. The summed E-state index contributed by atoms with van der Waals surface area (Å²) in [4.78, 5) is 23.4. The van der Waals surface area contributed by atoms with Crippen molar-refractivity contribution >= 4 is 28.9 Å². The molecule has 1 saturated carbocycles. The van der Waals surface area contributed by atoms with E-state index in [0.717, 1.165) is 0 Å². The van der Waals surface area contributed by atoms with Crippen molar-refractivity contribution in [2.45, 2.75) is 19.3 Å². The van der Waals surface area contributed by atoms with Crippen LogP contribution in [0.3, 0.4) is 0 Å². The lowest BCUT2D eigenvalue weighted by Gasteiger charge is -2.14. The molecule has 1 aromatic carbocycles. The summed E-state index contributed by atoms with van der Waals surface area (Å²) < 4.78 is 0. The third-order valence-corrected chi connectivity index (χ3v) is 3.04. The quantitative estimate of drug-likeness (QED) is 0.614. The number of hydrogen-bond acceptors (Lipinski definition) is 3. The molecule has 0 unspecified atom stereocenters. The van der Waals surface area contributed by atoms with Crippen molar-refractivity contribution in [3.63, 3.8) is 0 Å². The molecule has 1 aliphatic carbocycles. The minimum atomic E-state index is -0.159. The molecule has 4 heteroatoms. The monoisotopic (exact) mass is 249 g/mol. The highest BCUT2D eigenvalue weighted by Crippen LogP contribution is 2.23. The van der Waals surface area contributed by atoms with Gasteiger partial charge in [-0.2, -0.15) is 0 Å². The Labute approximate surface area is 104 Å². The van der Waals surface area contributed by atoms with Crippen LogP contribution in [0.4, 0.5) is 0 Å². The summed E-state index contributed by atoms with van der Waals surface area (Å²) in [5, 5.41) is 0.591. The van der Waals surface area contributed by atoms with E-state index in [-0.39, 0.29) is 22.8 Å². The number of ketones is 2. The van der Waals surface area contributed by atoms with Gasteiger partial charge in [0.25, 0.3) is 0 Å². The van der Waals surface area contributed by atoms with Gasteiger partial charge >= 0.3 is 0 Å². The summed E-state index contributed by atoms with van der Waals surface area (Å²) in [6, 6.07) is 6.78. The molecule has 1 fully saturated rings. The molecule has 0 spiro atoms. The number of nitrogens with two attached hydrogens (primary N) is 1. The zero-order valence-corrected chi connectivity index (χ0v) is 9.96. The van der Waals surface area contributed by atoms with Gasteiger partial charge in [0.05, 0.1) is 11.3 Å². The van der Waals surface area contributed by atoms with Gasteiger partial charge in [-0.3, -0.25) is 9.59 Å². The molecule has 1 aromatic rings. The van der Waals surface area contributed by atoms with Gasteiger partial charge in [-0.25, -0.2) is 0 Å². The smallest absolute Gasteiger partial charge is 0.168 e. The molecule has 0 saturated heterocycles. The third-order valence-electron chi connectivity index (χ3n) is 2.79. The maximum Gasteiger partial charge on any atom is 0.168 e. The van der Waals surface area contributed by atoms with Crippen LogP contribution in [0.15, 0.2) is 29.8 Å². The highest BCUT2D eigenvalue weighted by molar-refractivity contribution is 6.30. The fourth-order valence-electron chi connectivity index (χ4n) is 1.89. The lowest BCUT2D eigenvalue weighted by Crippen LogP contribution is -2.22. The molecule has 17 heavy (non-hydrogen) atoms. The van der Waals surface area contributed by atoms with E-state index in [1.807, 2.05) is 0 Å². The first-order valence-electron chi connectivity index (χ1n) is 5.41. The standard InChI is InChI=1S/C13H12ClNO2/c14-9-6-4-8(5-7-9)13(15)12-10(16)2-1-3-11(12)17/h4-7H,1-3,15H2. The Morgan fingerprint density at radius 3 is 2.12 bits per heavy atom. The predicted molar refractivity (Wildman–Crippen MR) is 66.4 cm³/mol. The number of halogens is 1. The topological polar surface area (TPSA) is 60.2 Å². The average molecular weight is 250 g/mol. The molecular formula is C13H12ClNO2.